The Morgan fingerprint density at radius 2 is 1.34 bits per heavy atom. The van der Waals surface area contributed by atoms with Crippen molar-refractivity contribution in [2.24, 2.45) is 11.8 Å². The number of fused-ring (bicyclic) bond motifs is 3. The zero-order valence-electron chi connectivity index (χ0n) is 32.4. The van der Waals surface area contributed by atoms with Gasteiger partial charge in [-0.15, -0.1) is 0 Å². The highest BCUT2D eigenvalue weighted by molar-refractivity contribution is 6.10. The van der Waals surface area contributed by atoms with Crippen molar-refractivity contribution in [3.05, 3.63) is 71.8 Å². The number of amides is 8. The summed E-state index contributed by atoms with van der Waals surface area (Å²) in [6.07, 6.45) is 1.11. The number of carbonyl (C=O) groups excluding carboxylic acids is 8. The minimum Gasteiger partial charge on any atom is -0.345 e. The highest BCUT2D eigenvalue weighted by atomic mass is 16.2. The molecule has 0 aliphatic carbocycles. The summed E-state index contributed by atoms with van der Waals surface area (Å²) in [6.45, 7) is 7.19. The molecule has 15 nitrogen and oxygen atoms in total. The van der Waals surface area contributed by atoms with Crippen molar-refractivity contribution in [3.63, 3.8) is 0 Å². The van der Waals surface area contributed by atoms with Gasteiger partial charge in [0, 0.05) is 19.4 Å². The van der Waals surface area contributed by atoms with Crippen molar-refractivity contribution < 1.29 is 38.4 Å². The lowest BCUT2D eigenvalue weighted by Crippen LogP contribution is -2.60. The van der Waals surface area contributed by atoms with E-state index in [1.807, 2.05) is 20.8 Å². The maximum Gasteiger partial charge on any atom is 0.253 e. The normalized spacial score (nSPS) is 26.4. The van der Waals surface area contributed by atoms with Crippen molar-refractivity contribution >= 4 is 47.3 Å². The van der Waals surface area contributed by atoms with Crippen LogP contribution in [0.15, 0.2) is 60.7 Å². The first kappa shape index (κ1) is 41.6. The van der Waals surface area contributed by atoms with E-state index < -0.39 is 102 Å². The quantitative estimate of drug-likeness (QED) is 0.242. The molecule has 2 aromatic carbocycles. The minimum atomic E-state index is -1.39. The Balaban J connectivity index is 1.53. The largest absolute Gasteiger partial charge is 0.345 e. The SMILES string of the molecule is CC[C@H](C)[C@@H]1NC(=O)[C@H](Cc2ccccc2)N2C(=O)C[C@H](NC(=O)[C@H](Cc3ccccc3)NC(=O)CNC(=O)[C@@H]3CCCN3C(=O)[C@H](CC(C)C)NC1=O)C2=O. The van der Waals surface area contributed by atoms with Gasteiger partial charge in [0.15, 0.2) is 0 Å². The van der Waals surface area contributed by atoms with Crippen LogP contribution in [0, 0.1) is 11.8 Å². The molecular formula is C41H53N7O8. The number of benzene rings is 2. The van der Waals surface area contributed by atoms with Crippen molar-refractivity contribution in [3.8, 4) is 0 Å². The molecule has 15 heteroatoms. The third-order valence-corrected chi connectivity index (χ3v) is 10.7. The van der Waals surface area contributed by atoms with Gasteiger partial charge in [0.05, 0.1) is 13.0 Å². The van der Waals surface area contributed by atoms with Gasteiger partial charge in [0.2, 0.25) is 41.4 Å². The molecule has 5 rings (SSSR count). The molecular weight excluding hydrogens is 718 g/mol. The van der Waals surface area contributed by atoms with Gasteiger partial charge in [-0.25, -0.2) is 0 Å². The fraction of sp³-hybridized carbons (Fsp3) is 0.512. The van der Waals surface area contributed by atoms with E-state index in [9.17, 15) is 38.4 Å². The second-order valence-corrected chi connectivity index (χ2v) is 15.4. The maximum absolute atomic E-state index is 14.4. The Kier molecular flexibility index (Phi) is 14.0. The molecule has 3 heterocycles. The summed E-state index contributed by atoms with van der Waals surface area (Å²) >= 11 is 0. The van der Waals surface area contributed by atoms with E-state index >= 15 is 0 Å². The third kappa shape index (κ3) is 10.2. The van der Waals surface area contributed by atoms with Gasteiger partial charge >= 0.3 is 0 Å². The molecule has 300 valence electrons. The number of hydrogen-bond donors (Lipinski definition) is 5. The lowest BCUT2D eigenvalue weighted by molar-refractivity contribution is -0.148. The molecule has 8 amide bonds. The van der Waals surface area contributed by atoms with Crippen LogP contribution in [-0.4, -0.2) is 106 Å². The molecule has 0 spiro atoms. The summed E-state index contributed by atoms with van der Waals surface area (Å²) in [4.78, 5) is 113. The summed E-state index contributed by atoms with van der Waals surface area (Å²) in [5.74, 6) is -5.80. The standard InChI is InChI=1S/C41H53N7O8/c1-5-25(4)35-39(54)45-29(19-24(2)3)40(55)47-18-12-17-31(47)37(52)42-23-33(49)43-28(20-26-13-8-6-9-14-26)36(51)44-30-22-34(50)48(41(30)56)32(38(53)46-35)21-27-15-10-7-11-16-27/h6-11,13-16,24-25,28-32,35H,5,12,17-23H2,1-4H3,(H,42,52)(H,43,49)(H,44,51)(H,45,54)(H,46,53)/t25-,28-,29-,30-,31-,32-,35-/m0/s1. The van der Waals surface area contributed by atoms with E-state index in [1.54, 1.807) is 67.6 Å². The van der Waals surface area contributed by atoms with E-state index in [0.717, 1.165) is 4.90 Å². The third-order valence-electron chi connectivity index (χ3n) is 10.7. The first-order valence-corrected chi connectivity index (χ1v) is 19.5. The van der Waals surface area contributed by atoms with Crippen molar-refractivity contribution in [1.29, 1.82) is 0 Å². The zero-order chi connectivity index (χ0) is 40.5. The van der Waals surface area contributed by atoms with Gasteiger partial charge < -0.3 is 31.5 Å². The fourth-order valence-corrected chi connectivity index (χ4v) is 7.50. The monoisotopic (exact) mass is 771 g/mol. The predicted molar refractivity (Wildman–Crippen MR) is 205 cm³/mol. The summed E-state index contributed by atoms with van der Waals surface area (Å²) in [6, 6.07) is 10.7. The lowest BCUT2D eigenvalue weighted by atomic mass is 9.95. The Morgan fingerprint density at radius 3 is 1.96 bits per heavy atom. The number of hydrogen-bond acceptors (Lipinski definition) is 8. The molecule has 0 saturated carbocycles. The van der Waals surface area contributed by atoms with Crippen LogP contribution >= 0.6 is 0 Å². The van der Waals surface area contributed by atoms with Gasteiger partial charge in [0.1, 0.15) is 36.3 Å². The average Bonchev–Trinajstić information content (AvgIpc) is 3.77. The first-order valence-electron chi connectivity index (χ1n) is 19.5. The molecule has 0 radical (unpaired) electrons. The number of carbonyl (C=O) groups is 8. The van der Waals surface area contributed by atoms with Crippen LogP contribution in [0.3, 0.4) is 0 Å². The molecule has 2 bridgehead atoms. The van der Waals surface area contributed by atoms with Crippen LogP contribution in [0.2, 0.25) is 0 Å². The molecule has 3 saturated heterocycles. The van der Waals surface area contributed by atoms with Crippen LogP contribution in [0.4, 0.5) is 0 Å². The lowest BCUT2D eigenvalue weighted by Gasteiger charge is -2.32. The van der Waals surface area contributed by atoms with Crippen molar-refractivity contribution in [1.82, 2.24) is 36.4 Å². The van der Waals surface area contributed by atoms with E-state index in [0.29, 0.717) is 30.4 Å². The molecule has 56 heavy (non-hydrogen) atoms. The summed E-state index contributed by atoms with van der Waals surface area (Å²) in [7, 11) is 0. The predicted octanol–water partition coefficient (Wildman–Crippen LogP) is 0.752. The summed E-state index contributed by atoms with van der Waals surface area (Å²) in [5.41, 5.74) is 1.35. The maximum atomic E-state index is 14.4. The average molecular weight is 772 g/mol. The molecule has 2 aromatic rings. The fourth-order valence-electron chi connectivity index (χ4n) is 7.50. The van der Waals surface area contributed by atoms with Crippen LogP contribution in [0.25, 0.3) is 0 Å². The number of nitrogens with zero attached hydrogens (tertiary/aromatic N) is 2. The number of rotatable bonds is 8. The van der Waals surface area contributed by atoms with Gasteiger partial charge in [-0.1, -0.05) is 94.8 Å². The smallest absolute Gasteiger partial charge is 0.253 e. The van der Waals surface area contributed by atoms with Crippen LogP contribution in [0.1, 0.15) is 70.9 Å². The number of imide groups is 1. The molecule has 0 aromatic heterocycles. The van der Waals surface area contributed by atoms with E-state index in [-0.39, 0.29) is 31.7 Å². The van der Waals surface area contributed by atoms with Crippen LogP contribution < -0.4 is 26.6 Å². The molecule has 3 fully saturated rings. The van der Waals surface area contributed by atoms with Gasteiger partial charge in [-0.3, -0.25) is 43.3 Å². The van der Waals surface area contributed by atoms with Crippen LogP contribution in [0.5, 0.6) is 0 Å². The van der Waals surface area contributed by atoms with Crippen molar-refractivity contribution in [2.75, 3.05) is 13.1 Å². The Hall–Kier alpha value is -5.60. The Labute approximate surface area is 327 Å². The molecule has 0 unspecified atom stereocenters. The second-order valence-electron chi connectivity index (χ2n) is 15.4. The van der Waals surface area contributed by atoms with E-state index in [2.05, 4.69) is 26.6 Å². The Morgan fingerprint density at radius 1 is 0.696 bits per heavy atom. The highest BCUT2D eigenvalue weighted by Gasteiger charge is 2.47. The summed E-state index contributed by atoms with van der Waals surface area (Å²) in [5, 5.41) is 13.5. The topological polar surface area (TPSA) is 203 Å². The molecule has 3 aliphatic rings. The first-order chi connectivity index (χ1) is 26.8. The Bertz CT molecular complexity index is 1790. The van der Waals surface area contributed by atoms with Crippen molar-refractivity contribution in [2.45, 2.75) is 109 Å². The van der Waals surface area contributed by atoms with Gasteiger partial charge in [0.25, 0.3) is 5.91 Å². The number of nitrogens with one attached hydrogen (secondary N) is 5. The van der Waals surface area contributed by atoms with E-state index in [1.165, 1.54) is 4.90 Å². The summed E-state index contributed by atoms with van der Waals surface area (Å²) < 4.78 is 0. The van der Waals surface area contributed by atoms with E-state index in [4.69, 9.17) is 0 Å². The molecule has 7 atom stereocenters. The highest BCUT2D eigenvalue weighted by Crippen LogP contribution is 2.23. The van der Waals surface area contributed by atoms with Gasteiger partial charge in [-0.2, -0.15) is 0 Å². The van der Waals surface area contributed by atoms with Gasteiger partial charge in [-0.05, 0) is 42.2 Å². The zero-order valence-corrected chi connectivity index (χ0v) is 32.4. The second kappa shape index (κ2) is 18.8. The van der Waals surface area contributed by atoms with Crippen LogP contribution in [-0.2, 0) is 51.2 Å². The minimum absolute atomic E-state index is 0.0319. The molecule has 5 N–H and O–H groups in total. The molecule has 3 aliphatic heterocycles.